The van der Waals surface area contributed by atoms with E-state index in [0.29, 0.717) is 17.6 Å². The second-order valence-corrected chi connectivity index (χ2v) is 7.09. The molecule has 0 aliphatic heterocycles. The van der Waals surface area contributed by atoms with E-state index in [2.05, 4.69) is 59.1 Å². The molecule has 1 spiro atoms. The van der Waals surface area contributed by atoms with Crippen molar-refractivity contribution >= 4 is 22.6 Å². The first-order valence-electron chi connectivity index (χ1n) is 7.40. The molecule has 0 amide bonds. The van der Waals surface area contributed by atoms with Gasteiger partial charge in [0.25, 0.3) is 0 Å². The van der Waals surface area contributed by atoms with E-state index in [0.717, 1.165) is 12.3 Å². The molecular formula is C16H22INO. The van der Waals surface area contributed by atoms with Gasteiger partial charge in [0.15, 0.2) is 0 Å². The molecule has 2 nitrogen and oxygen atoms in total. The molecule has 1 aromatic carbocycles. The van der Waals surface area contributed by atoms with Crippen molar-refractivity contribution in [3.8, 4) is 5.75 Å². The topological polar surface area (TPSA) is 21.3 Å². The summed E-state index contributed by atoms with van der Waals surface area (Å²) < 4.78 is 7.54. The lowest BCUT2D eigenvalue weighted by Crippen LogP contribution is -2.63. The number of hydrogen-bond acceptors (Lipinski definition) is 2. The van der Waals surface area contributed by atoms with Gasteiger partial charge in [0.2, 0.25) is 0 Å². The minimum Gasteiger partial charge on any atom is -0.490 e. The van der Waals surface area contributed by atoms with Crippen LogP contribution in [0.4, 0.5) is 0 Å². The first kappa shape index (κ1) is 13.7. The van der Waals surface area contributed by atoms with Crippen LogP contribution in [0, 0.1) is 8.99 Å². The van der Waals surface area contributed by atoms with Crippen LogP contribution in [0.15, 0.2) is 24.3 Å². The minimum absolute atomic E-state index is 0.416. The number of halogens is 1. The predicted molar refractivity (Wildman–Crippen MR) is 86.6 cm³/mol. The maximum absolute atomic E-state index is 6.28. The highest BCUT2D eigenvalue weighted by atomic mass is 127. The Bertz CT molecular complexity index is 425. The average molecular weight is 371 g/mol. The van der Waals surface area contributed by atoms with Crippen LogP contribution < -0.4 is 10.1 Å². The fourth-order valence-corrected chi connectivity index (χ4v) is 4.19. The summed E-state index contributed by atoms with van der Waals surface area (Å²) in [6.07, 6.45) is 6.99. The van der Waals surface area contributed by atoms with E-state index in [9.17, 15) is 0 Å². The van der Waals surface area contributed by atoms with Gasteiger partial charge in [0.1, 0.15) is 11.9 Å². The normalized spacial score (nSPS) is 28.3. The quantitative estimate of drug-likeness (QED) is 0.809. The Kier molecular flexibility index (Phi) is 4.03. The molecule has 0 bridgehead atoms. The smallest absolute Gasteiger partial charge is 0.119 e. The van der Waals surface area contributed by atoms with Crippen molar-refractivity contribution in [2.75, 3.05) is 6.54 Å². The first-order valence-corrected chi connectivity index (χ1v) is 8.48. The summed E-state index contributed by atoms with van der Waals surface area (Å²) in [5.41, 5.74) is 0.416. The largest absolute Gasteiger partial charge is 0.490 e. The molecule has 1 aromatic rings. The van der Waals surface area contributed by atoms with E-state index in [-0.39, 0.29) is 0 Å². The van der Waals surface area contributed by atoms with Crippen molar-refractivity contribution in [1.82, 2.24) is 5.32 Å². The van der Waals surface area contributed by atoms with Crippen LogP contribution in [0.25, 0.3) is 0 Å². The van der Waals surface area contributed by atoms with Gasteiger partial charge >= 0.3 is 0 Å². The van der Waals surface area contributed by atoms with Gasteiger partial charge in [-0.15, -0.1) is 0 Å². The number of ether oxygens (including phenoxy) is 1. The number of benzene rings is 1. The number of hydrogen-bond donors (Lipinski definition) is 1. The second-order valence-electron chi connectivity index (χ2n) is 5.85. The Hall–Kier alpha value is -0.290. The highest BCUT2D eigenvalue weighted by molar-refractivity contribution is 14.1. The third-order valence-corrected chi connectivity index (χ3v) is 5.58. The van der Waals surface area contributed by atoms with Gasteiger partial charge in [0.05, 0.1) is 0 Å². The predicted octanol–water partition coefficient (Wildman–Crippen LogP) is 3.98. The maximum Gasteiger partial charge on any atom is 0.119 e. The van der Waals surface area contributed by atoms with Crippen LogP contribution in [-0.4, -0.2) is 18.7 Å². The van der Waals surface area contributed by atoms with Crippen LogP contribution >= 0.6 is 22.6 Å². The maximum atomic E-state index is 6.28. The van der Waals surface area contributed by atoms with E-state index in [1.54, 1.807) is 0 Å². The first-order chi connectivity index (χ1) is 9.24. The summed E-state index contributed by atoms with van der Waals surface area (Å²) in [7, 11) is 0. The molecule has 0 aromatic heterocycles. The number of nitrogens with one attached hydrogen (secondary N) is 1. The number of rotatable bonds is 4. The third-order valence-electron chi connectivity index (χ3n) is 4.86. The molecular weight excluding hydrogens is 349 g/mol. The zero-order chi connectivity index (χ0) is 13.3. The van der Waals surface area contributed by atoms with Gasteiger partial charge in [-0.05, 0) is 66.2 Å². The summed E-state index contributed by atoms with van der Waals surface area (Å²) in [6, 6.07) is 9.12. The molecule has 2 aliphatic carbocycles. The molecule has 2 saturated carbocycles. The van der Waals surface area contributed by atoms with Crippen LogP contribution in [0.3, 0.4) is 0 Å². The highest BCUT2D eigenvalue weighted by Gasteiger charge is 2.57. The summed E-state index contributed by atoms with van der Waals surface area (Å²) in [4.78, 5) is 0. The van der Waals surface area contributed by atoms with Gasteiger partial charge in [-0.1, -0.05) is 19.8 Å². The molecule has 2 unspecified atom stereocenters. The van der Waals surface area contributed by atoms with E-state index >= 15 is 0 Å². The lowest BCUT2D eigenvalue weighted by Gasteiger charge is -2.54. The molecule has 3 rings (SSSR count). The van der Waals surface area contributed by atoms with Gasteiger partial charge in [0, 0.05) is 21.4 Å². The van der Waals surface area contributed by atoms with E-state index in [1.807, 2.05) is 0 Å². The Labute approximate surface area is 129 Å². The van der Waals surface area contributed by atoms with Crippen molar-refractivity contribution < 1.29 is 4.74 Å². The zero-order valence-electron chi connectivity index (χ0n) is 11.5. The van der Waals surface area contributed by atoms with E-state index in [4.69, 9.17) is 4.74 Å². The summed E-state index contributed by atoms with van der Waals surface area (Å²) in [5.74, 6) is 1.03. The summed E-state index contributed by atoms with van der Waals surface area (Å²) in [6.45, 7) is 3.28. The monoisotopic (exact) mass is 371 g/mol. The third kappa shape index (κ3) is 2.51. The Morgan fingerprint density at radius 3 is 2.58 bits per heavy atom. The Morgan fingerprint density at radius 2 is 1.95 bits per heavy atom. The van der Waals surface area contributed by atoms with Crippen molar-refractivity contribution in [1.29, 1.82) is 0 Å². The average Bonchev–Trinajstić information content (AvgIpc) is 2.92. The van der Waals surface area contributed by atoms with Crippen molar-refractivity contribution in [3.05, 3.63) is 27.8 Å². The summed E-state index contributed by atoms with van der Waals surface area (Å²) >= 11 is 2.33. The van der Waals surface area contributed by atoms with Crippen LogP contribution in [0.1, 0.15) is 39.0 Å². The van der Waals surface area contributed by atoms with Crippen LogP contribution in [-0.2, 0) is 0 Å². The lowest BCUT2D eigenvalue weighted by molar-refractivity contribution is -0.0755. The second kappa shape index (κ2) is 5.60. The molecule has 2 aliphatic rings. The van der Waals surface area contributed by atoms with Crippen molar-refractivity contribution in [3.63, 3.8) is 0 Å². The van der Waals surface area contributed by atoms with Gasteiger partial charge < -0.3 is 10.1 Å². The summed E-state index contributed by atoms with van der Waals surface area (Å²) in [5, 5.41) is 3.66. The molecule has 0 heterocycles. The Balaban J connectivity index is 1.70. The molecule has 19 heavy (non-hydrogen) atoms. The van der Waals surface area contributed by atoms with E-state index < -0.39 is 0 Å². The zero-order valence-corrected chi connectivity index (χ0v) is 13.7. The van der Waals surface area contributed by atoms with E-state index in [1.165, 1.54) is 35.7 Å². The molecule has 0 saturated heterocycles. The molecule has 3 heteroatoms. The standard InChI is InChI=1S/C16H22INO/c1-2-18-14-11-15(16(14)9-3-4-10-16)19-13-7-5-12(17)6-8-13/h5-8,14-15,18H,2-4,9-11H2,1H3. The van der Waals surface area contributed by atoms with Gasteiger partial charge in [-0.3, -0.25) is 0 Å². The van der Waals surface area contributed by atoms with Gasteiger partial charge in [-0.2, -0.15) is 0 Å². The van der Waals surface area contributed by atoms with Crippen molar-refractivity contribution in [2.45, 2.75) is 51.2 Å². The Morgan fingerprint density at radius 1 is 1.26 bits per heavy atom. The van der Waals surface area contributed by atoms with Crippen LogP contribution in [0.2, 0.25) is 0 Å². The molecule has 1 N–H and O–H groups in total. The molecule has 0 radical (unpaired) electrons. The van der Waals surface area contributed by atoms with Crippen LogP contribution in [0.5, 0.6) is 5.75 Å². The van der Waals surface area contributed by atoms with Gasteiger partial charge in [-0.25, -0.2) is 0 Å². The lowest BCUT2D eigenvalue weighted by atomic mass is 9.60. The molecule has 104 valence electrons. The molecule has 2 atom stereocenters. The highest BCUT2D eigenvalue weighted by Crippen LogP contribution is 2.54. The fraction of sp³-hybridized carbons (Fsp3) is 0.625. The SMILES string of the molecule is CCNC1CC(Oc2ccc(I)cc2)C12CCCC2. The molecule has 2 fully saturated rings. The van der Waals surface area contributed by atoms with Crippen molar-refractivity contribution in [2.24, 2.45) is 5.41 Å². The minimum atomic E-state index is 0.416. The fourth-order valence-electron chi connectivity index (χ4n) is 3.83.